The number of benzene rings is 2. The summed E-state index contributed by atoms with van der Waals surface area (Å²) in [5.74, 6) is -0.185. The van der Waals surface area contributed by atoms with Crippen molar-refractivity contribution in [1.82, 2.24) is 14.9 Å². The van der Waals surface area contributed by atoms with Crippen molar-refractivity contribution in [3.63, 3.8) is 0 Å². The zero-order valence-corrected chi connectivity index (χ0v) is 20.5. The molecule has 7 nitrogen and oxygen atoms in total. The van der Waals surface area contributed by atoms with Gasteiger partial charge in [0.2, 0.25) is 0 Å². The molecule has 1 saturated heterocycles. The molecule has 0 saturated carbocycles. The lowest BCUT2D eigenvalue weighted by molar-refractivity contribution is 0.0937. The molecular formula is C25H26ClN3O4S. The molecular weight excluding hydrogens is 474 g/mol. The first-order valence-electron chi connectivity index (χ1n) is 11.3. The monoisotopic (exact) mass is 499 g/mol. The van der Waals surface area contributed by atoms with E-state index < -0.39 is 0 Å². The Kier molecular flexibility index (Phi) is 8.03. The van der Waals surface area contributed by atoms with Crippen LogP contribution in [-0.2, 0) is 11.3 Å². The summed E-state index contributed by atoms with van der Waals surface area (Å²) in [6.45, 7) is 3.60. The molecule has 0 bridgehead atoms. The minimum atomic E-state index is -0.207. The van der Waals surface area contributed by atoms with E-state index in [0.717, 1.165) is 19.3 Å². The molecule has 1 aliphatic rings. The maximum Gasteiger partial charge on any atom is 0.262 e. The second-order valence-corrected chi connectivity index (χ2v) is 9.53. The van der Waals surface area contributed by atoms with E-state index >= 15 is 0 Å². The molecule has 34 heavy (non-hydrogen) atoms. The van der Waals surface area contributed by atoms with Crippen LogP contribution in [0.25, 0.3) is 10.9 Å². The zero-order chi connectivity index (χ0) is 24.1. The molecule has 1 atom stereocenters. The Labute approximate surface area is 206 Å². The van der Waals surface area contributed by atoms with Gasteiger partial charge < -0.3 is 10.1 Å². The van der Waals surface area contributed by atoms with Crippen LogP contribution in [0.5, 0.6) is 0 Å². The van der Waals surface area contributed by atoms with Crippen LogP contribution < -0.4 is 10.9 Å². The largest absolute Gasteiger partial charge is 0.376 e. The average Bonchev–Trinajstić information content (AvgIpc) is 3.36. The molecule has 1 aliphatic heterocycles. The molecule has 1 amide bonds. The smallest absolute Gasteiger partial charge is 0.262 e. The highest BCUT2D eigenvalue weighted by Crippen LogP contribution is 2.23. The highest BCUT2D eigenvalue weighted by molar-refractivity contribution is 7.99. The zero-order valence-electron chi connectivity index (χ0n) is 18.9. The van der Waals surface area contributed by atoms with Crippen molar-refractivity contribution in [2.24, 2.45) is 0 Å². The summed E-state index contributed by atoms with van der Waals surface area (Å²) in [5, 5.41) is 4.26. The number of fused-ring (bicyclic) bond motifs is 1. The van der Waals surface area contributed by atoms with Gasteiger partial charge in [-0.25, -0.2) is 4.98 Å². The fraction of sp³-hybridized carbons (Fsp3) is 0.360. The molecule has 0 spiro atoms. The van der Waals surface area contributed by atoms with Gasteiger partial charge in [0.1, 0.15) is 0 Å². The van der Waals surface area contributed by atoms with Gasteiger partial charge in [-0.05, 0) is 61.7 Å². The number of nitrogens with zero attached hydrogens (tertiary/aromatic N) is 2. The van der Waals surface area contributed by atoms with Gasteiger partial charge in [-0.2, -0.15) is 0 Å². The summed E-state index contributed by atoms with van der Waals surface area (Å²) in [6, 6.07) is 11.6. The number of hydrogen-bond acceptors (Lipinski definition) is 6. The summed E-state index contributed by atoms with van der Waals surface area (Å²) >= 11 is 7.13. The summed E-state index contributed by atoms with van der Waals surface area (Å²) in [4.78, 5) is 43.2. The Hall–Kier alpha value is -2.68. The predicted molar refractivity (Wildman–Crippen MR) is 134 cm³/mol. The number of thioether (sulfide) groups is 1. The van der Waals surface area contributed by atoms with Crippen LogP contribution in [0.15, 0.2) is 52.4 Å². The van der Waals surface area contributed by atoms with Crippen molar-refractivity contribution < 1.29 is 14.3 Å². The number of amides is 1. The normalized spacial score (nSPS) is 15.5. The number of carbonyl (C=O) groups excluding carboxylic acids is 2. The van der Waals surface area contributed by atoms with Crippen LogP contribution in [0.4, 0.5) is 0 Å². The lowest BCUT2D eigenvalue weighted by atomic mass is 10.1. The lowest BCUT2D eigenvalue weighted by Crippen LogP contribution is -2.29. The van der Waals surface area contributed by atoms with E-state index in [4.69, 9.17) is 21.3 Å². The maximum absolute atomic E-state index is 13.4. The van der Waals surface area contributed by atoms with Crippen molar-refractivity contribution in [2.45, 2.75) is 44.0 Å². The van der Waals surface area contributed by atoms with E-state index in [9.17, 15) is 14.4 Å². The van der Waals surface area contributed by atoms with Crippen molar-refractivity contribution in [3.05, 3.63) is 69.0 Å². The molecule has 4 rings (SSSR count). The number of nitrogens with one attached hydrogen (secondary N) is 1. The molecule has 178 valence electrons. The molecule has 9 heteroatoms. The van der Waals surface area contributed by atoms with Crippen LogP contribution >= 0.6 is 23.4 Å². The SMILES string of the molecule is CCCNC(=O)c1ccc2c(=O)n(C[C@H]3CCCO3)c(SCC(=O)c3ccc(Cl)cc3)nc2c1. The number of hydrogen-bond donors (Lipinski definition) is 1. The van der Waals surface area contributed by atoms with E-state index in [0.29, 0.717) is 51.9 Å². The van der Waals surface area contributed by atoms with Gasteiger partial charge in [-0.3, -0.25) is 19.0 Å². The maximum atomic E-state index is 13.4. The quantitative estimate of drug-likeness (QED) is 0.267. The number of Topliss-reactive ketones (excluding diaryl/α,β-unsaturated/α-hetero) is 1. The summed E-state index contributed by atoms with van der Waals surface area (Å²) in [5.41, 5.74) is 1.21. The summed E-state index contributed by atoms with van der Waals surface area (Å²) in [7, 11) is 0. The number of aromatic nitrogens is 2. The first-order chi connectivity index (χ1) is 16.5. The summed E-state index contributed by atoms with van der Waals surface area (Å²) in [6.07, 6.45) is 2.58. The fourth-order valence-corrected chi connectivity index (χ4v) is 4.82. The van der Waals surface area contributed by atoms with Gasteiger partial charge in [0.05, 0.1) is 29.3 Å². The topological polar surface area (TPSA) is 90.3 Å². The van der Waals surface area contributed by atoms with Crippen molar-refractivity contribution in [3.8, 4) is 0 Å². The Bertz CT molecular complexity index is 1250. The third-order valence-corrected chi connectivity index (χ3v) is 6.86. The molecule has 0 unspecified atom stereocenters. The molecule has 2 heterocycles. The standard InChI is InChI=1S/C25H26ClN3O4S/c1-2-11-27-23(31)17-7-10-20-21(13-17)28-25(29(24(20)32)14-19-4-3-12-33-19)34-15-22(30)16-5-8-18(26)9-6-16/h5-10,13,19H,2-4,11-12,14-15H2,1H3,(H,27,31)/t19-/m1/s1. The first kappa shape index (κ1) is 24.4. The van der Waals surface area contributed by atoms with Gasteiger partial charge in [0.15, 0.2) is 10.9 Å². The highest BCUT2D eigenvalue weighted by Gasteiger charge is 2.21. The van der Waals surface area contributed by atoms with Crippen molar-refractivity contribution in [2.75, 3.05) is 18.9 Å². The van der Waals surface area contributed by atoms with Gasteiger partial charge in [0, 0.05) is 29.3 Å². The van der Waals surface area contributed by atoms with E-state index in [1.54, 1.807) is 47.0 Å². The third kappa shape index (κ3) is 5.68. The Morgan fingerprint density at radius 3 is 2.68 bits per heavy atom. The van der Waals surface area contributed by atoms with Crippen molar-refractivity contribution in [1.29, 1.82) is 0 Å². The highest BCUT2D eigenvalue weighted by atomic mass is 35.5. The van der Waals surface area contributed by atoms with Crippen LogP contribution in [0.2, 0.25) is 5.02 Å². The Morgan fingerprint density at radius 1 is 1.21 bits per heavy atom. The van der Waals surface area contributed by atoms with Gasteiger partial charge in [-0.1, -0.05) is 30.3 Å². The lowest BCUT2D eigenvalue weighted by Gasteiger charge is -2.16. The molecule has 0 radical (unpaired) electrons. The number of carbonyl (C=O) groups is 2. The van der Waals surface area contributed by atoms with Crippen LogP contribution in [0.1, 0.15) is 46.9 Å². The van der Waals surface area contributed by atoms with E-state index in [2.05, 4.69) is 5.32 Å². The fourth-order valence-electron chi connectivity index (χ4n) is 3.79. The van der Waals surface area contributed by atoms with E-state index in [-0.39, 0.29) is 29.1 Å². The molecule has 2 aromatic carbocycles. The van der Waals surface area contributed by atoms with Gasteiger partial charge in [0.25, 0.3) is 11.5 Å². The minimum absolute atomic E-state index is 0.0673. The molecule has 1 N–H and O–H groups in total. The van der Waals surface area contributed by atoms with E-state index in [1.165, 1.54) is 11.8 Å². The first-order valence-corrected chi connectivity index (χ1v) is 12.7. The number of ether oxygens (including phenoxy) is 1. The Balaban J connectivity index is 1.66. The Morgan fingerprint density at radius 2 is 1.97 bits per heavy atom. The number of halogens is 1. The van der Waals surface area contributed by atoms with Crippen LogP contribution in [0.3, 0.4) is 0 Å². The molecule has 1 aromatic heterocycles. The van der Waals surface area contributed by atoms with Gasteiger partial charge in [-0.15, -0.1) is 0 Å². The molecule has 3 aromatic rings. The van der Waals surface area contributed by atoms with Gasteiger partial charge >= 0.3 is 0 Å². The molecule has 0 aliphatic carbocycles. The van der Waals surface area contributed by atoms with Crippen LogP contribution in [0, 0.1) is 0 Å². The van der Waals surface area contributed by atoms with E-state index in [1.807, 2.05) is 6.92 Å². The predicted octanol–water partition coefficient (Wildman–Crippen LogP) is 4.34. The minimum Gasteiger partial charge on any atom is -0.376 e. The van der Waals surface area contributed by atoms with Crippen molar-refractivity contribution >= 4 is 46.0 Å². The number of ketones is 1. The third-order valence-electron chi connectivity index (χ3n) is 5.63. The summed E-state index contributed by atoms with van der Waals surface area (Å²) < 4.78 is 7.34. The molecule has 1 fully saturated rings. The second kappa shape index (κ2) is 11.2. The average molecular weight is 500 g/mol. The number of rotatable bonds is 9. The second-order valence-electron chi connectivity index (χ2n) is 8.15. The van der Waals surface area contributed by atoms with Crippen LogP contribution in [-0.4, -0.2) is 46.2 Å².